The van der Waals surface area contributed by atoms with Gasteiger partial charge in [-0.1, -0.05) is 0 Å². The van der Waals surface area contributed by atoms with Gasteiger partial charge in [-0.05, 0) is 6.92 Å². The summed E-state index contributed by atoms with van der Waals surface area (Å²) >= 11 is 0. The van der Waals surface area contributed by atoms with Gasteiger partial charge in [-0.3, -0.25) is 19.1 Å². The average Bonchev–Trinajstić information content (AvgIpc) is 2.85. The van der Waals surface area contributed by atoms with Crippen molar-refractivity contribution in [2.45, 2.75) is 38.1 Å². The van der Waals surface area contributed by atoms with E-state index in [4.69, 9.17) is 10.5 Å². The van der Waals surface area contributed by atoms with Crippen LogP contribution >= 0.6 is 0 Å². The number of aryl methyl sites for hydroxylation is 1. The summed E-state index contributed by atoms with van der Waals surface area (Å²) in [6.07, 6.45) is 0.614. The van der Waals surface area contributed by atoms with Crippen LogP contribution in [0.1, 0.15) is 24.6 Å². The quantitative estimate of drug-likeness (QED) is 0.494. The molecule has 0 radical (unpaired) electrons. The van der Waals surface area contributed by atoms with E-state index in [2.05, 4.69) is 10.3 Å². The summed E-state index contributed by atoms with van der Waals surface area (Å²) in [5.74, 6) is -0.236. The number of nitrogens with zero attached hydrogens (tertiary/aromatic N) is 1. The summed E-state index contributed by atoms with van der Waals surface area (Å²) < 4.78 is 6.87. The van der Waals surface area contributed by atoms with Gasteiger partial charge in [-0.25, -0.2) is 4.79 Å². The first-order valence-corrected chi connectivity index (χ1v) is 7.04. The van der Waals surface area contributed by atoms with E-state index in [1.807, 2.05) is 0 Å². The van der Waals surface area contributed by atoms with E-state index in [-0.39, 0.29) is 25.5 Å². The molecule has 0 unspecified atom stereocenters. The molecule has 0 bridgehead atoms. The summed E-state index contributed by atoms with van der Waals surface area (Å²) in [5.41, 5.74) is 4.65. The van der Waals surface area contributed by atoms with Gasteiger partial charge in [-0.15, -0.1) is 0 Å². The number of amides is 1. The molecule has 1 aliphatic heterocycles. The normalized spacial score (nSPS) is 24.4. The SMILES string of the molecule is Cc1cn([C@H]2C[C@H](NC(=O)CCN)[C@@H](CO)O2)c(=O)[nH]c1=O. The molecule has 1 amide bonds. The van der Waals surface area contributed by atoms with Crippen molar-refractivity contribution in [2.24, 2.45) is 5.73 Å². The molecule has 9 nitrogen and oxygen atoms in total. The minimum Gasteiger partial charge on any atom is -0.394 e. The van der Waals surface area contributed by atoms with Gasteiger partial charge < -0.3 is 20.9 Å². The van der Waals surface area contributed by atoms with Crippen molar-refractivity contribution in [3.05, 3.63) is 32.6 Å². The molecule has 0 aliphatic carbocycles. The molecule has 2 heterocycles. The molecule has 5 N–H and O–H groups in total. The molecule has 1 saturated heterocycles. The standard InChI is InChI=1S/C13H20N4O5/c1-7-5-17(13(21)16-12(7)20)11-4-8(9(6-18)22-11)15-10(19)2-3-14/h5,8-9,11,18H,2-4,6,14H2,1H3,(H,15,19)(H,16,20,21)/t8-,9+,11+/m0/s1. The first-order chi connectivity index (χ1) is 10.5. The zero-order valence-electron chi connectivity index (χ0n) is 12.2. The summed E-state index contributed by atoms with van der Waals surface area (Å²) in [6.45, 7) is 1.51. The molecule has 122 valence electrons. The number of ether oxygens (including phenoxy) is 1. The van der Waals surface area contributed by atoms with Crippen LogP contribution in [0.2, 0.25) is 0 Å². The fourth-order valence-electron chi connectivity index (χ4n) is 2.43. The first-order valence-electron chi connectivity index (χ1n) is 7.04. The van der Waals surface area contributed by atoms with E-state index < -0.39 is 29.6 Å². The highest BCUT2D eigenvalue weighted by Gasteiger charge is 2.37. The van der Waals surface area contributed by atoms with Crippen LogP contribution < -0.4 is 22.3 Å². The van der Waals surface area contributed by atoms with Gasteiger partial charge in [0.05, 0.1) is 12.6 Å². The maximum atomic E-state index is 11.9. The zero-order chi connectivity index (χ0) is 16.3. The number of nitrogens with one attached hydrogen (secondary N) is 2. The Morgan fingerprint density at radius 3 is 2.95 bits per heavy atom. The van der Waals surface area contributed by atoms with E-state index in [0.29, 0.717) is 12.0 Å². The maximum absolute atomic E-state index is 11.9. The molecule has 1 aliphatic rings. The molecular weight excluding hydrogens is 292 g/mol. The van der Waals surface area contributed by atoms with Gasteiger partial charge in [0.25, 0.3) is 5.56 Å². The Labute approximate surface area is 126 Å². The summed E-state index contributed by atoms with van der Waals surface area (Å²) in [5, 5.41) is 12.1. The molecule has 3 atom stereocenters. The van der Waals surface area contributed by atoms with E-state index in [1.54, 1.807) is 6.92 Å². The lowest BCUT2D eigenvalue weighted by atomic mass is 10.1. The number of aromatic amines is 1. The van der Waals surface area contributed by atoms with Gasteiger partial charge in [0.2, 0.25) is 5.91 Å². The third kappa shape index (κ3) is 3.43. The van der Waals surface area contributed by atoms with E-state index >= 15 is 0 Å². The molecule has 22 heavy (non-hydrogen) atoms. The molecule has 0 spiro atoms. The van der Waals surface area contributed by atoms with Crippen molar-refractivity contribution in [3.63, 3.8) is 0 Å². The molecule has 2 rings (SSSR count). The largest absolute Gasteiger partial charge is 0.394 e. The van der Waals surface area contributed by atoms with Crippen molar-refractivity contribution in [2.75, 3.05) is 13.2 Å². The third-order valence-corrected chi connectivity index (χ3v) is 3.59. The van der Waals surface area contributed by atoms with Gasteiger partial charge >= 0.3 is 5.69 Å². The van der Waals surface area contributed by atoms with Crippen LogP contribution in [-0.2, 0) is 9.53 Å². The van der Waals surface area contributed by atoms with E-state index in [0.717, 1.165) is 0 Å². The molecular formula is C13H20N4O5. The lowest BCUT2D eigenvalue weighted by Crippen LogP contribution is -2.42. The highest BCUT2D eigenvalue weighted by atomic mass is 16.5. The average molecular weight is 312 g/mol. The highest BCUT2D eigenvalue weighted by molar-refractivity contribution is 5.76. The number of H-pyrrole nitrogens is 1. The topological polar surface area (TPSA) is 139 Å². The number of aliphatic hydroxyl groups excluding tert-OH is 1. The van der Waals surface area contributed by atoms with Crippen molar-refractivity contribution in [3.8, 4) is 0 Å². The van der Waals surface area contributed by atoms with Crippen LogP contribution in [0.15, 0.2) is 15.8 Å². The number of rotatable bonds is 5. The van der Waals surface area contributed by atoms with Crippen LogP contribution in [0, 0.1) is 6.92 Å². The van der Waals surface area contributed by atoms with Crippen LogP contribution in [0.3, 0.4) is 0 Å². The molecule has 0 saturated carbocycles. The fourth-order valence-corrected chi connectivity index (χ4v) is 2.43. The summed E-state index contributed by atoms with van der Waals surface area (Å²) in [7, 11) is 0. The molecule has 9 heteroatoms. The highest BCUT2D eigenvalue weighted by Crippen LogP contribution is 2.27. The van der Waals surface area contributed by atoms with Crippen molar-refractivity contribution < 1.29 is 14.6 Å². The Morgan fingerprint density at radius 1 is 1.59 bits per heavy atom. The lowest BCUT2D eigenvalue weighted by molar-refractivity contribution is -0.122. The number of aliphatic hydroxyl groups is 1. The van der Waals surface area contributed by atoms with Crippen molar-refractivity contribution in [1.82, 2.24) is 14.9 Å². The second kappa shape index (κ2) is 6.86. The first kappa shape index (κ1) is 16.4. The van der Waals surface area contributed by atoms with Gasteiger partial charge in [-0.2, -0.15) is 0 Å². The number of nitrogens with two attached hydrogens (primary N) is 1. The molecule has 1 aromatic rings. The minimum atomic E-state index is -0.664. The zero-order valence-corrected chi connectivity index (χ0v) is 12.2. The van der Waals surface area contributed by atoms with Crippen LogP contribution in [0.4, 0.5) is 0 Å². The second-order valence-corrected chi connectivity index (χ2v) is 5.24. The smallest absolute Gasteiger partial charge is 0.330 e. The lowest BCUT2D eigenvalue weighted by Gasteiger charge is -2.17. The van der Waals surface area contributed by atoms with E-state index in [9.17, 15) is 19.5 Å². The van der Waals surface area contributed by atoms with Crippen LogP contribution in [0.5, 0.6) is 0 Å². The number of hydrogen-bond acceptors (Lipinski definition) is 6. The van der Waals surface area contributed by atoms with E-state index in [1.165, 1.54) is 10.8 Å². The Bertz CT molecular complexity index is 653. The summed E-state index contributed by atoms with van der Waals surface area (Å²) in [4.78, 5) is 37.1. The molecule has 1 fully saturated rings. The maximum Gasteiger partial charge on any atom is 0.330 e. The number of hydrogen-bond donors (Lipinski definition) is 4. The second-order valence-electron chi connectivity index (χ2n) is 5.24. The van der Waals surface area contributed by atoms with Crippen molar-refractivity contribution >= 4 is 5.91 Å². The monoisotopic (exact) mass is 312 g/mol. The number of carbonyl (C=O) groups is 1. The predicted molar refractivity (Wildman–Crippen MR) is 77.3 cm³/mol. The van der Waals surface area contributed by atoms with Crippen LogP contribution in [0.25, 0.3) is 0 Å². The number of carbonyl (C=O) groups excluding carboxylic acids is 1. The Morgan fingerprint density at radius 2 is 2.32 bits per heavy atom. The number of aromatic nitrogens is 2. The minimum absolute atomic E-state index is 0.178. The van der Waals surface area contributed by atoms with Crippen molar-refractivity contribution in [1.29, 1.82) is 0 Å². The predicted octanol–water partition coefficient (Wildman–Crippen LogP) is -2.04. The molecule has 0 aromatic carbocycles. The van der Waals surface area contributed by atoms with Crippen LogP contribution in [-0.4, -0.2) is 45.9 Å². The van der Waals surface area contributed by atoms with Gasteiger partial charge in [0.1, 0.15) is 12.3 Å². The Balaban J connectivity index is 2.18. The summed E-state index contributed by atoms with van der Waals surface area (Å²) in [6, 6.07) is -0.423. The Hall–Kier alpha value is -1.97. The Kier molecular flexibility index (Phi) is 5.11. The molecule has 1 aromatic heterocycles. The van der Waals surface area contributed by atoms with Gasteiger partial charge in [0.15, 0.2) is 0 Å². The fraction of sp³-hybridized carbons (Fsp3) is 0.615. The third-order valence-electron chi connectivity index (χ3n) is 3.59. The van der Waals surface area contributed by atoms with Gasteiger partial charge in [0, 0.05) is 31.1 Å².